The van der Waals surface area contributed by atoms with Crippen LogP contribution in [-0.4, -0.2) is 48.7 Å². The van der Waals surface area contributed by atoms with Gasteiger partial charge in [-0.15, -0.1) is 11.3 Å². The fourth-order valence-corrected chi connectivity index (χ4v) is 4.17. The van der Waals surface area contributed by atoms with Crippen molar-refractivity contribution in [3.05, 3.63) is 50.1 Å². The number of carbonyl (C=O) groups excluding carboxylic acids is 2. The average molecular weight is 473 g/mol. The van der Waals surface area contributed by atoms with Crippen molar-refractivity contribution in [2.75, 3.05) is 32.1 Å². The van der Waals surface area contributed by atoms with E-state index in [2.05, 4.69) is 21.2 Å². The van der Waals surface area contributed by atoms with Gasteiger partial charge in [0.1, 0.15) is 10.8 Å². The zero-order chi connectivity index (χ0) is 20.8. The summed E-state index contributed by atoms with van der Waals surface area (Å²) in [5.74, 6) is -1.26. The average Bonchev–Trinajstić information content (AvgIpc) is 2.91. The van der Waals surface area contributed by atoms with Gasteiger partial charge in [-0.1, -0.05) is 15.9 Å². The van der Waals surface area contributed by atoms with Crippen molar-refractivity contribution in [1.29, 1.82) is 0 Å². The molecule has 0 fully saturated rings. The van der Waals surface area contributed by atoms with E-state index < -0.39 is 5.97 Å². The summed E-state index contributed by atoms with van der Waals surface area (Å²) in [5.41, 5.74) is 1.51. The van der Waals surface area contributed by atoms with Gasteiger partial charge in [0, 0.05) is 28.0 Å². The standard InChI is InChI=1S/C19H22BrFN2O4S/c1-11-12(2)28-18(17(11)19(26)27-3)22-16(25)10-23(6-7-24)9-13-8-14(20)4-5-15(13)21/h4-5,8,24H,6-7,9-10H2,1-3H3,(H,22,25). The summed E-state index contributed by atoms with van der Waals surface area (Å²) < 4.78 is 19.6. The van der Waals surface area contributed by atoms with Crippen LogP contribution in [-0.2, 0) is 16.1 Å². The molecule has 0 saturated heterocycles. The molecule has 2 aromatic rings. The monoisotopic (exact) mass is 472 g/mol. The zero-order valence-corrected chi connectivity index (χ0v) is 18.2. The quantitative estimate of drug-likeness (QED) is 0.574. The Morgan fingerprint density at radius 3 is 2.71 bits per heavy atom. The summed E-state index contributed by atoms with van der Waals surface area (Å²) in [7, 11) is 1.29. The van der Waals surface area contributed by atoms with E-state index in [0.717, 1.165) is 14.9 Å². The molecule has 0 saturated carbocycles. The van der Waals surface area contributed by atoms with Gasteiger partial charge in [-0.05, 0) is 37.6 Å². The van der Waals surface area contributed by atoms with Crippen LogP contribution in [0.15, 0.2) is 22.7 Å². The Bertz CT molecular complexity index is 872. The summed E-state index contributed by atoms with van der Waals surface area (Å²) in [6.45, 7) is 3.77. The third-order valence-corrected chi connectivity index (χ3v) is 5.83. The summed E-state index contributed by atoms with van der Waals surface area (Å²) in [5, 5.41) is 12.5. The van der Waals surface area contributed by atoms with Crippen molar-refractivity contribution in [3.8, 4) is 0 Å². The topological polar surface area (TPSA) is 78.9 Å². The van der Waals surface area contributed by atoms with Crippen molar-refractivity contribution in [1.82, 2.24) is 4.90 Å². The van der Waals surface area contributed by atoms with E-state index in [1.54, 1.807) is 24.0 Å². The number of esters is 1. The van der Waals surface area contributed by atoms with Crippen LogP contribution in [0.5, 0.6) is 0 Å². The number of aryl methyl sites for hydroxylation is 1. The van der Waals surface area contributed by atoms with Gasteiger partial charge in [0.25, 0.3) is 0 Å². The fraction of sp³-hybridized carbons (Fsp3) is 0.368. The minimum absolute atomic E-state index is 0.0663. The number of benzene rings is 1. The second-order valence-electron chi connectivity index (χ2n) is 6.20. The van der Waals surface area contributed by atoms with E-state index in [1.165, 1.54) is 24.5 Å². The van der Waals surface area contributed by atoms with E-state index in [0.29, 0.717) is 16.1 Å². The van der Waals surface area contributed by atoms with Gasteiger partial charge in [-0.25, -0.2) is 9.18 Å². The van der Waals surface area contributed by atoms with Gasteiger partial charge >= 0.3 is 5.97 Å². The number of carbonyl (C=O) groups is 2. The molecule has 0 radical (unpaired) electrons. The third kappa shape index (κ3) is 5.60. The lowest BCUT2D eigenvalue weighted by Crippen LogP contribution is -2.35. The van der Waals surface area contributed by atoms with E-state index in [-0.39, 0.29) is 38.0 Å². The number of aliphatic hydroxyl groups is 1. The predicted octanol–water partition coefficient (Wildman–Crippen LogP) is 3.49. The minimum Gasteiger partial charge on any atom is -0.465 e. The molecule has 1 amide bonds. The Hall–Kier alpha value is -1.81. The molecule has 28 heavy (non-hydrogen) atoms. The van der Waals surface area contributed by atoms with Gasteiger partial charge in [0.2, 0.25) is 5.91 Å². The Morgan fingerprint density at radius 2 is 2.07 bits per heavy atom. The normalized spacial score (nSPS) is 11.0. The lowest BCUT2D eigenvalue weighted by Gasteiger charge is -2.21. The number of aliphatic hydroxyl groups excluding tert-OH is 1. The smallest absolute Gasteiger partial charge is 0.341 e. The number of halogens is 2. The Labute approximate surface area is 175 Å². The van der Waals surface area contributed by atoms with Gasteiger partial charge in [-0.3, -0.25) is 9.69 Å². The number of thiophene rings is 1. The number of methoxy groups -OCH3 is 1. The Morgan fingerprint density at radius 1 is 1.36 bits per heavy atom. The third-order valence-electron chi connectivity index (χ3n) is 4.21. The molecular formula is C19H22BrFN2O4S. The molecule has 0 spiro atoms. The molecule has 6 nitrogen and oxygen atoms in total. The SMILES string of the molecule is COC(=O)c1c(NC(=O)CN(CCO)Cc2cc(Br)ccc2F)sc(C)c1C. The number of anilines is 1. The first-order valence-electron chi connectivity index (χ1n) is 8.52. The highest BCUT2D eigenvalue weighted by Crippen LogP contribution is 2.33. The van der Waals surface area contributed by atoms with E-state index in [9.17, 15) is 19.1 Å². The molecule has 0 atom stereocenters. The highest BCUT2D eigenvalue weighted by Gasteiger charge is 2.22. The number of ether oxygens (including phenoxy) is 1. The van der Waals surface area contributed by atoms with Crippen molar-refractivity contribution < 1.29 is 23.8 Å². The summed E-state index contributed by atoms with van der Waals surface area (Å²) in [6, 6.07) is 4.58. The summed E-state index contributed by atoms with van der Waals surface area (Å²) in [4.78, 5) is 27.1. The molecule has 1 aromatic carbocycles. The van der Waals surface area contributed by atoms with Crippen molar-refractivity contribution in [2.45, 2.75) is 20.4 Å². The fourth-order valence-electron chi connectivity index (χ4n) is 2.69. The van der Waals surface area contributed by atoms with Gasteiger partial charge in [-0.2, -0.15) is 0 Å². The molecule has 152 valence electrons. The number of hydrogen-bond donors (Lipinski definition) is 2. The van der Waals surface area contributed by atoms with Crippen LogP contribution in [0.3, 0.4) is 0 Å². The highest BCUT2D eigenvalue weighted by atomic mass is 79.9. The lowest BCUT2D eigenvalue weighted by atomic mass is 10.1. The first kappa shape index (κ1) is 22.5. The number of nitrogens with zero attached hydrogens (tertiary/aromatic N) is 1. The molecule has 2 N–H and O–H groups in total. The Kier molecular flexibility index (Phi) is 8.11. The first-order valence-corrected chi connectivity index (χ1v) is 10.1. The molecule has 0 bridgehead atoms. The van der Waals surface area contributed by atoms with Crippen LogP contribution in [0.4, 0.5) is 9.39 Å². The molecule has 9 heteroatoms. The molecular weight excluding hydrogens is 451 g/mol. The van der Waals surface area contributed by atoms with Crippen LogP contribution in [0.2, 0.25) is 0 Å². The van der Waals surface area contributed by atoms with Crippen molar-refractivity contribution in [3.63, 3.8) is 0 Å². The predicted molar refractivity (Wildman–Crippen MR) is 110 cm³/mol. The second kappa shape index (κ2) is 10.1. The number of hydrogen-bond acceptors (Lipinski definition) is 6. The van der Waals surface area contributed by atoms with Crippen LogP contribution < -0.4 is 5.32 Å². The first-order chi connectivity index (χ1) is 13.3. The largest absolute Gasteiger partial charge is 0.465 e. The van der Waals surface area contributed by atoms with Crippen molar-refractivity contribution >= 4 is 44.1 Å². The maximum Gasteiger partial charge on any atom is 0.341 e. The van der Waals surface area contributed by atoms with Crippen molar-refractivity contribution in [2.24, 2.45) is 0 Å². The summed E-state index contributed by atoms with van der Waals surface area (Å²) >= 11 is 4.60. The Balaban J connectivity index is 2.14. The summed E-state index contributed by atoms with van der Waals surface area (Å²) in [6.07, 6.45) is 0. The second-order valence-corrected chi connectivity index (χ2v) is 8.34. The molecule has 2 rings (SSSR count). The molecule has 0 aliphatic carbocycles. The van der Waals surface area contributed by atoms with E-state index >= 15 is 0 Å². The lowest BCUT2D eigenvalue weighted by molar-refractivity contribution is -0.117. The van der Waals surface area contributed by atoms with Gasteiger partial charge in [0.05, 0.1) is 25.8 Å². The highest BCUT2D eigenvalue weighted by molar-refractivity contribution is 9.10. The van der Waals surface area contributed by atoms with E-state index in [4.69, 9.17) is 4.74 Å². The maximum atomic E-state index is 14.0. The van der Waals surface area contributed by atoms with Crippen LogP contribution in [0.25, 0.3) is 0 Å². The number of amides is 1. The van der Waals surface area contributed by atoms with Crippen LogP contribution in [0.1, 0.15) is 26.4 Å². The molecule has 0 unspecified atom stereocenters. The number of rotatable bonds is 8. The molecule has 0 aliphatic heterocycles. The van der Waals surface area contributed by atoms with E-state index in [1.807, 2.05) is 6.92 Å². The number of nitrogens with one attached hydrogen (secondary N) is 1. The molecule has 1 aromatic heterocycles. The van der Waals surface area contributed by atoms with Crippen LogP contribution in [0, 0.1) is 19.7 Å². The maximum absolute atomic E-state index is 14.0. The van der Waals surface area contributed by atoms with Gasteiger partial charge in [0.15, 0.2) is 0 Å². The molecule has 0 aliphatic rings. The zero-order valence-electron chi connectivity index (χ0n) is 15.8. The van der Waals surface area contributed by atoms with Crippen LogP contribution >= 0.6 is 27.3 Å². The molecule has 1 heterocycles. The van der Waals surface area contributed by atoms with Gasteiger partial charge < -0.3 is 15.2 Å². The minimum atomic E-state index is -0.513.